The van der Waals surface area contributed by atoms with E-state index in [1.54, 1.807) is 0 Å². The molecule has 1 aromatic rings. The second-order valence-corrected chi connectivity index (χ2v) is 7.15. The van der Waals surface area contributed by atoms with E-state index in [1.807, 2.05) is 11.3 Å². The summed E-state index contributed by atoms with van der Waals surface area (Å²) in [6.07, 6.45) is 1.10. The van der Waals surface area contributed by atoms with E-state index in [4.69, 9.17) is 5.73 Å². The van der Waals surface area contributed by atoms with Crippen LogP contribution < -0.4 is 11.1 Å². The fourth-order valence-corrected chi connectivity index (χ4v) is 3.33. The Morgan fingerprint density at radius 3 is 2.76 bits per heavy atom. The van der Waals surface area contributed by atoms with Crippen molar-refractivity contribution in [3.8, 4) is 0 Å². The average molecular weight is 319 g/mol. The number of nitrogens with two attached hydrogens (primary N) is 1. The Hall–Kier alpha value is 0.1000. The van der Waals surface area contributed by atoms with Crippen LogP contribution in [0.4, 0.5) is 0 Å². The summed E-state index contributed by atoms with van der Waals surface area (Å²) in [6, 6.07) is 2.22. The Morgan fingerprint density at radius 1 is 1.53 bits per heavy atom. The van der Waals surface area contributed by atoms with E-state index >= 15 is 0 Å². The molecule has 0 aliphatic rings. The lowest BCUT2D eigenvalue weighted by Crippen LogP contribution is -2.35. The van der Waals surface area contributed by atoms with Gasteiger partial charge in [0.05, 0.1) is 0 Å². The standard InChI is InChI=1S/C13H23BrN2S/c1-10(4-5-15)7-16-9-13(2,3)12-6-11(14)8-17-12/h6,8,10,16H,4-5,7,9,15H2,1-3H3. The van der Waals surface area contributed by atoms with E-state index in [0.29, 0.717) is 5.92 Å². The van der Waals surface area contributed by atoms with Crippen LogP contribution >= 0.6 is 27.3 Å². The van der Waals surface area contributed by atoms with Gasteiger partial charge in [0.2, 0.25) is 0 Å². The zero-order valence-corrected chi connectivity index (χ0v) is 13.3. The summed E-state index contributed by atoms with van der Waals surface area (Å²) in [5, 5.41) is 5.70. The molecule has 0 radical (unpaired) electrons. The highest BCUT2D eigenvalue weighted by atomic mass is 79.9. The van der Waals surface area contributed by atoms with Crippen LogP contribution in [0.3, 0.4) is 0 Å². The van der Waals surface area contributed by atoms with Gasteiger partial charge in [-0.05, 0) is 47.4 Å². The number of hydrogen-bond acceptors (Lipinski definition) is 3. The second kappa shape index (κ2) is 6.88. The van der Waals surface area contributed by atoms with Gasteiger partial charge in [-0.25, -0.2) is 0 Å². The molecular weight excluding hydrogens is 296 g/mol. The van der Waals surface area contributed by atoms with Crippen molar-refractivity contribution in [1.82, 2.24) is 5.32 Å². The first-order chi connectivity index (χ1) is 7.95. The highest BCUT2D eigenvalue weighted by molar-refractivity contribution is 9.10. The molecule has 1 unspecified atom stereocenters. The molecule has 0 spiro atoms. The molecule has 98 valence electrons. The van der Waals surface area contributed by atoms with Crippen LogP contribution in [-0.2, 0) is 5.41 Å². The van der Waals surface area contributed by atoms with Crippen LogP contribution in [0.15, 0.2) is 15.9 Å². The van der Waals surface area contributed by atoms with Crippen molar-refractivity contribution in [2.45, 2.75) is 32.6 Å². The highest BCUT2D eigenvalue weighted by Crippen LogP contribution is 2.30. The normalized spacial score (nSPS) is 13.9. The molecule has 1 atom stereocenters. The van der Waals surface area contributed by atoms with Crippen molar-refractivity contribution in [3.05, 3.63) is 20.8 Å². The summed E-state index contributed by atoms with van der Waals surface area (Å²) in [7, 11) is 0. The summed E-state index contributed by atoms with van der Waals surface area (Å²) in [6.45, 7) is 9.65. The zero-order valence-electron chi connectivity index (χ0n) is 10.9. The Bertz CT molecular complexity index is 336. The van der Waals surface area contributed by atoms with Gasteiger partial charge in [-0.1, -0.05) is 20.8 Å². The zero-order chi connectivity index (χ0) is 12.9. The molecule has 4 heteroatoms. The van der Waals surface area contributed by atoms with Crippen LogP contribution in [0.1, 0.15) is 32.1 Å². The topological polar surface area (TPSA) is 38.0 Å². The SMILES string of the molecule is CC(CCN)CNCC(C)(C)c1cc(Br)cs1. The summed E-state index contributed by atoms with van der Waals surface area (Å²) >= 11 is 5.33. The van der Waals surface area contributed by atoms with Crippen LogP contribution in [0.2, 0.25) is 0 Å². The van der Waals surface area contributed by atoms with Gasteiger partial charge in [-0.15, -0.1) is 11.3 Å². The van der Waals surface area contributed by atoms with Gasteiger partial charge in [0.15, 0.2) is 0 Å². The first kappa shape index (κ1) is 15.2. The number of thiophene rings is 1. The van der Waals surface area contributed by atoms with Crippen molar-refractivity contribution in [3.63, 3.8) is 0 Å². The Morgan fingerprint density at radius 2 is 2.24 bits per heavy atom. The third-order valence-electron chi connectivity index (χ3n) is 2.95. The van der Waals surface area contributed by atoms with Crippen LogP contribution in [-0.4, -0.2) is 19.6 Å². The maximum absolute atomic E-state index is 5.55. The van der Waals surface area contributed by atoms with Gasteiger partial charge in [-0.3, -0.25) is 0 Å². The molecule has 3 N–H and O–H groups in total. The van der Waals surface area contributed by atoms with Crippen molar-refractivity contribution >= 4 is 27.3 Å². The predicted molar refractivity (Wildman–Crippen MR) is 80.8 cm³/mol. The molecule has 0 bridgehead atoms. The lowest BCUT2D eigenvalue weighted by atomic mass is 9.91. The van der Waals surface area contributed by atoms with Gasteiger partial charge in [0.1, 0.15) is 0 Å². The molecule has 1 aromatic heterocycles. The second-order valence-electron chi connectivity index (χ2n) is 5.33. The minimum Gasteiger partial charge on any atom is -0.330 e. The molecule has 0 saturated carbocycles. The molecule has 1 heterocycles. The molecule has 17 heavy (non-hydrogen) atoms. The highest BCUT2D eigenvalue weighted by Gasteiger charge is 2.22. The first-order valence-corrected chi connectivity index (χ1v) is 7.78. The Balaban J connectivity index is 2.39. The first-order valence-electron chi connectivity index (χ1n) is 6.11. The molecule has 0 fully saturated rings. The molecule has 0 aliphatic heterocycles. The molecule has 0 aliphatic carbocycles. The predicted octanol–water partition coefficient (Wildman–Crippen LogP) is 3.36. The monoisotopic (exact) mass is 318 g/mol. The fourth-order valence-electron chi connectivity index (χ4n) is 1.77. The van der Waals surface area contributed by atoms with E-state index in [1.165, 1.54) is 9.35 Å². The lowest BCUT2D eigenvalue weighted by Gasteiger charge is -2.24. The molecular formula is C13H23BrN2S. The average Bonchev–Trinajstić information content (AvgIpc) is 2.65. The van der Waals surface area contributed by atoms with Gasteiger partial charge >= 0.3 is 0 Å². The fraction of sp³-hybridized carbons (Fsp3) is 0.692. The van der Waals surface area contributed by atoms with Crippen molar-refractivity contribution < 1.29 is 0 Å². The molecule has 0 saturated heterocycles. The third-order valence-corrected chi connectivity index (χ3v) is 5.01. The Labute approximate surface area is 117 Å². The van der Waals surface area contributed by atoms with Gasteiger partial charge in [0, 0.05) is 26.7 Å². The van der Waals surface area contributed by atoms with Crippen LogP contribution in [0.5, 0.6) is 0 Å². The van der Waals surface area contributed by atoms with Crippen molar-refractivity contribution in [2.75, 3.05) is 19.6 Å². The summed E-state index contributed by atoms with van der Waals surface area (Å²) < 4.78 is 1.18. The smallest absolute Gasteiger partial charge is 0.0285 e. The minimum atomic E-state index is 0.194. The lowest BCUT2D eigenvalue weighted by molar-refractivity contribution is 0.426. The van der Waals surface area contributed by atoms with Crippen molar-refractivity contribution in [1.29, 1.82) is 0 Å². The van der Waals surface area contributed by atoms with E-state index in [0.717, 1.165) is 26.1 Å². The largest absolute Gasteiger partial charge is 0.330 e. The number of hydrogen-bond donors (Lipinski definition) is 2. The minimum absolute atomic E-state index is 0.194. The number of nitrogens with one attached hydrogen (secondary N) is 1. The quantitative estimate of drug-likeness (QED) is 0.809. The summed E-state index contributed by atoms with van der Waals surface area (Å²) in [4.78, 5) is 1.42. The summed E-state index contributed by atoms with van der Waals surface area (Å²) in [5.41, 5.74) is 5.74. The van der Waals surface area contributed by atoms with Gasteiger partial charge < -0.3 is 11.1 Å². The maximum atomic E-state index is 5.55. The van der Waals surface area contributed by atoms with E-state index in [-0.39, 0.29) is 5.41 Å². The van der Waals surface area contributed by atoms with Gasteiger partial charge in [0.25, 0.3) is 0 Å². The molecule has 2 nitrogen and oxygen atoms in total. The number of rotatable bonds is 7. The Kier molecular flexibility index (Phi) is 6.13. The van der Waals surface area contributed by atoms with Crippen LogP contribution in [0.25, 0.3) is 0 Å². The maximum Gasteiger partial charge on any atom is 0.0285 e. The molecule has 0 aromatic carbocycles. The van der Waals surface area contributed by atoms with Crippen LogP contribution in [0, 0.1) is 5.92 Å². The van der Waals surface area contributed by atoms with E-state index < -0.39 is 0 Å². The molecule has 1 rings (SSSR count). The van der Waals surface area contributed by atoms with E-state index in [9.17, 15) is 0 Å². The number of halogens is 1. The third kappa shape index (κ3) is 5.08. The van der Waals surface area contributed by atoms with Crippen molar-refractivity contribution in [2.24, 2.45) is 11.7 Å². The molecule has 0 amide bonds. The van der Waals surface area contributed by atoms with Gasteiger partial charge in [-0.2, -0.15) is 0 Å². The van der Waals surface area contributed by atoms with E-state index in [2.05, 4.69) is 53.5 Å². The summed E-state index contributed by atoms with van der Waals surface area (Å²) in [5.74, 6) is 0.658.